The number of aryl methyl sites for hydroxylation is 1. The van der Waals surface area contributed by atoms with E-state index in [0.29, 0.717) is 5.88 Å². The van der Waals surface area contributed by atoms with Crippen molar-refractivity contribution in [3.05, 3.63) is 23.3 Å². The highest BCUT2D eigenvalue weighted by Gasteiger charge is 1.99. The third kappa shape index (κ3) is 2.64. The van der Waals surface area contributed by atoms with Gasteiger partial charge in [0.25, 0.3) is 0 Å². The van der Waals surface area contributed by atoms with Gasteiger partial charge in [0.05, 0.1) is 17.3 Å². The van der Waals surface area contributed by atoms with Crippen molar-refractivity contribution in [3.8, 4) is 0 Å². The largest absolute Gasteiger partial charge is 0.237 e. The SMILES string of the molecule is CSCc1nc(C)cc(CCl)n1. The van der Waals surface area contributed by atoms with Crippen LogP contribution in [0.3, 0.4) is 0 Å². The third-order valence-electron chi connectivity index (χ3n) is 1.36. The van der Waals surface area contributed by atoms with Crippen LogP contribution in [0.1, 0.15) is 17.2 Å². The molecule has 4 heteroatoms. The van der Waals surface area contributed by atoms with E-state index in [0.717, 1.165) is 23.0 Å². The van der Waals surface area contributed by atoms with Crippen LogP contribution in [-0.4, -0.2) is 16.2 Å². The van der Waals surface area contributed by atoms with Gasteiger partial charge in [0.2, 0.25) is 0 Å². The molecular formula is C8H11ClN2S. The Hall–Kier alpha value is -0.280. The van der Waals surface area contributed by atoms with Crippen molar-refractivity contribution >= 4 is 23.4 Å². The third-order valence-corrected chi connectivity index (χ3v) is 2.18. The number of nitrogens with zero attached hydrogens (tertiary/aromatic N) is 2. The summed E-state index contributed by atoms with van der Waals surface area (Å²) < 4.78 is 0. The van der Waals surface area contributed by atoms with E-state index in [1.165, 1.54) is 0 Å². The molecule has 1 aromatic heterocycles. The van der Waals surface area contributed by atoms with Crippen molar-refractivity contribution in [2.75, 3.05) is 6.26 Å². The van der Waals surface area contributed by atoms with Crippen molar-refractivity contribution in [1.29, 1.82) is 0 Å². The lowest BCUT2D eigenvalue weighted by molar-refractivity contribution is 0.956. The molecule has 0 N–H and O–H groups in total. The predicted molar refractivity (Wildman–Crippen MR) is 53.5 cm³/mol. The van der Waals surface area contributed by atoms with E-state index in [2.05, 4.69) is 9.97 Å². The topological polar surface area (TPSA) is 25.8 Å². The van der Waals surface area contributed by atoms with Crippen molar-refractivity contribution in [1.82, 2.24) is 9.97 Å². The summed E-state index contributed by atoms with van der Waals surface area (Å²) in [6.45, 7) is 1.96. The van der Waals surface area contributed by atoms with E-state index in [4.69, 9.17) is 11.6 Å². The number of rotatable bonds is 3. The summed E-state index contributed by atoms with van der Waals surface area (Å²) in [7, 11) is 0. The molecule has 66 valence electrons. The highest BCUT2D eigenvalue weighted by Crippen LogP contribution is 2.08. The second kappa shape index (κ2) is 4.67. The Balaban J connectivity index is 2.90. The molecule has 0 aliphatic carbocycles. The molecule has 12 heavy (non-hydrogen) atoms. The van der Waals surface area contributed by atoms with Crippen molar-refractivity contribution in [3.63, 3.8) is 0 Å². The van der Waals surface area contributed by atoms with Crippen LogP contribution in [0.4, 0.5) is 0 Å². The first-order valence-electron chi connectivity index (χ1n) is 3.64. The van der Waals surface area contributed by atoms with E-state index in [1.807, 2.05) is 19.2 Å². The summed E-state index contributed by atoms with van der Waals surface area (Å²) in [5.41, 5.74) is 1.90. The molecule has 0 aliphatic rings. The van der Waals surface area contributed by atoms with Gasteiger partial charge in [0.1, 0.15) is 5.82 Å². The summed E-state index contributed by atoms with van der Waals surface area (Å²) in [6, 6.07) is 1.91. The molecule has 0 aliphatic heterocycles. The minimum atomic E-state index is 0.463. The summed E-state index contributed by atoms with van der Waals surface area (Å²) in [5.74, 6) is 2.19. The lowest BCUT2D eigenvalue weighted by Crippen LogP contribution is -1.98. The van der Waals surface area contributed by atoms with Crippen LogP contribution in [-0.2, 0) is 11.6 Å². The van der Waals surface area contributed by atoms with E-state index < -0.39 is 0 Å². The van der Waals surface area contributed by atoms with Crippen LogP contribution in [0, 0.1) is 6.92 Å². The van der Waals surface area contributed by atoms with Crippen molar-refractivity contribution < 1.29 is 0 Å². The Labute approximate surface area is 81.8 Å². The molecule has 0 radical (unpaired) electrons. The number of thioether (sulfide) groups is 1. The summed E-state index contributed by atoms with van der Waals surface area (Å²) in [6.07, 6.45) is 2.03. The molecule has 0 saturated carbocycles. The Bertz CT molecular complexity index is 265. The number of aromatic nitrogens is 2. The molecule has 0 unspecified atom stereocenters. The molecular weight excluding hydrogens is 192 g/mol. The van der Waals surface area contributed by atoms with Gasteiger partial charge in [-0.25, -0.2) is 9.97 Å². The molecule has 0 spiro atoms. The van der Waals surface area contributed by atoms with Crippen molar-refractivity contribution in [2.45, 2.75) is 18.6 Å². The second-order valence-corrected chi connectivity index (χ2v) is 3.62. The lowest BCUT2D eigenvalue weighted by atomic mass is 10.3. The zero-order valence-corrected chi connectivity index (χ0v) is 8.74. The van der Waals surface area contributed by atoms with Gasteiger partial charge in [0, 0.05) is 5.69 Å². The van der Waals surface area contributed by atoms with E-state index >= 15 is 0 Å². The molecule has 0 aromatic carbocycles. The van der Waals surface area contributed by atoms with Crippen molar-refractivity contribution in [2.24, 2.45) is 0 Å². The van der Waals surface area contributed by atoms with Gasteiger partial charge in [-0.3, -0.25) is 0 Å². The number of hydrogen-bond donors (Lipinski definition) is 0. The highest BCUT2D eigenvalue weighted by molar-refractivity contribution is 7.97. The van der Waals surface area contributed by atoms with Gasteiger partial charge in [-0.1, -0.05) is 0 Å². The molecule has 0 amide bonds. The maximum Gasteiger partial charge on any atom is 0.138 e. The summed E-state index contributed by atoms with van der Waals surface area (Å²) >= 11 is 7.39. The summed E-state index contributed by atoms with van der Waals surface area (Å²) in [5, 5.41) is 0. The first-order chi connectivity index (χ1) is 5.76. The molecule has 2 nitrogen and oxygen atoms in total. The lowest BCUT2D eigenvalue weighted by Gasteiger charge is -2.01. The zero-order valence-electron chi connectivity index (χ0n) is 7.17. The van der Waals surface area contributed by atoms with Gasteiger partial charge >= 0.3 is 0 Å². The van der Waals surface area contributed by atoms with Gasteiger partial charge in [-0.15, -0.1) is 11.6 Å². The van der Waals surface area contributed by atoms with Gasteiger partial charge < -0.3 is 0 Å². The van der Waals surface area contributed by atoms with E-state index in [1.54, 1.807) is 11.8 Å². The Morgan fingerprint density at radius 2 is 2.25 bits per heavy atom. The monoisotopic (exact) mass is 202 g/mol. The standard InChI is InChI=1S/C8H11ClN2S/c1-6-3-7(4-9)11-8(10-6)5-12-2/h3H,4-5H2,1-2H3. The smallest absolute Gasteiger partial charge is 0.138 e. The zero-order chi connectivity index (χ0) is 8.97. The van der Waals surface area contributed by atoms with Crippen LogP contribution in [0.25, 0.3) is 0 Å². The number of hydrogen-bond acceptors (Lipinski definition) is 3. The number of halogens is 1. The average Bonchev–Trinajstić information content (AvgIpc) is 2.04. The van der Waals surface area contributed by atoms with E-state index in [9.17, 15) is 0 Å². The minimum Gasteiger partial charge on any atom is -0.237 e. The second-order valence-electron chi connectivity index (χ2n) is 2.48. The maximum atomic E-state index is 5.67. The van der Waals surface area contributed by atoms with Gasteiger partial charge in [-0.2, -0.15) is 11.8 Å². The van der Waals surface area contributed by atoms with Gasteiger partial charge in [0.15, 0.2) is 0 Å². The molecule has 1 heterocycles. The molecule has 0 atom stereocenters. The Morgan fingerprint density at radius 3 is 2.83 bits per heavy atom. The van der Waals surface area contributed by atoms with Gasteiger partial charge in [-0.05, 0) is 19.2 Å². The average molecular weight is 203 g/mol. The minimum absolute atomic E-state index is 0.463. The molecule has 0 bridgehead atoms. The van der Waals surface area contributed by atoms with Crippen LogP contribution in [0.15, 0.2) is 6.07 Å². The predicted octanol–water partition coefficient (Wildman–Crippen LogP) is 2.39. The maximum absolute atomic E-state index is 5.67. The fourth-order valence-corrected chi connectivity index (χ4v) is 1.49. The fraction of sp³-hybridized carbons (Fsp3) is 0.500. The van der Waals surface area contributed by atoms with Crippen LogP contribution in [0.5, 0.6) is 0 Å². The normalized spacial score (nSPS) is 10.2. The first-order valence-corrected chi connectivity index (χ1v) is 5.57. The van der Waals surface area contributed by atoms with E-state index in [-0.39, 0.29) is 0 Å². The quantitative estimate of drug-likeness (QED) is 0.704. The molecule has 1 rings (SSSR count). The van der Waals surface area contributed by atoms with Crippen LogP contribution < -0.4 is 0 Å². The van der Waals surface area contributed by atoms with Crippen LogP contribution >= 0.6 is 23.4 Å². The first kappa shape index (κ1) is 9.81. The Kier molecular flexibility index (Phi) is 3.82. The van der Waals surface area contributed by atoms with Crippen LogP contribution in [0.2, 0.25) is 0 Å². The molecule has 0 saturated heterocycles. The Morgan fingerprint density at radius 1 is 1.50 bits per heavy atom. The molecule has 0 fully saturated rings. The summed E-state index contributed by atoms with van der Waals surface area (Å²) in [4.78, 5) is 8.56. The molecule has 1 aromatic rings. The highest BCUT2D eigenvalue weighted by atomic mass is 35.5. The fourth-order valence-electron chi connectivity index (χ4n) is 0.962. The number of alkyl halides is 1.